The molecule has 74 valence electrons. The molecule has 4 nitrogen and oxygen atoms in total. The van der Waals surface area contributed by atoms with Gasteiger partial charge in [0.15, 0.2) is 0 Å². The first-order chi connectivity index (χ1) is 6.06. The summed E-state index contributed by atoms with van der Waals surface area (Å²) in [5.74, 6) is -0.682. The van der Waals surface area contributed by atoms with E-state index in [0.717, 1.165) is 17.3 Å². The summed E-state index contributed by atoms with van der Waals surface area (Å²) in [4.78, 5) is 21.3. The van der Waals surface area contributed by atoms with Crippen LogP contribution in [0.1, 0.15) is 33.6 Å². The molecule has 0 bridgehead atoms. The fourth-order valence-electron chi connectivity index (χ4n) is 0.765. The second-order valence-electron chi connectivity index (χ2n) is 2.66. The summed E-state index contributed by atoms with van der Waals surface area (Å²) in [6, 6.07) is 0. The Bertz CT molecular complexity index is 165. The summed E-state index contributed by atoms with van der Waals surface area (Å²) in [7, 11) is 0. The molecule has 0 aliphatic carbocycles. The number of hydrogen-bond acceptors (Lipinski definition) is 4. The van der Waals surface area contributed by atoms with E-state index < -0.39 is 20.6 Å². The standard InChI is InChI=1S/C4H9.2C2H4O2.Sn/c1-3-4-2;2*1-2(3)4;/h1,3-4H2,2H3;2*1H3,(H,3,4);/q;;;+3/p-2. The molecule has 0 saturated carbocycles. The maximum atomic E-state index is 10.6. The number of carbonyl (C=O) groups is 2. The zero-order chi connectivity index (χ0) is 10.3. The van der Waals surface area contributed by atoms with Gasteiger partial charge >= 0.3 is 86.3 Å². The molecule has 0 atom stereocenters. The van der Waals surface area contributed by atoms with Gasteiger partial charge < -0.3 is 0 Å². The van der Waals surface area contributed by atoms with Gasteiger partial charge in [0.2, 0.25) is 0 Å². The van der Waals surface area contributed by atoms with Crippen molar-refractivity contribution in [2.45, 2.75) is 38.0 Å². The third-order valence-corrected chi connectivity index (χ3v) is 6.36. The van der Waals surface area contributed by atoms with Gasteiger partial charge in [-0.05, 0) is 0 Å². The molecule has 0 aromatic carbocycles. The molecule has 0 aromatic rings. The topological polar surface area (TPSA) is 52.6 Å². The van der Waals surface area contributed by atoms with Crippen LogP contribution in [-0.2, 0) is 15.7 Å². The van der Waals surface area contributed by atoms with Crippen LogP contribution in [0.25, 0.3) is 0 Å². The second kappa shape index (κ2) is 7.17. The normalized spacial score (nSPS) is 9.15. The van der Waals surface area contributed by atoms with Crippen molar-refractivity contribution in [3.05, 3.63) is 0 Å². The summed E-state index contributed by atoms with van der Waals surface area (Å²) >= 11 is -2.63. The van der Waals surface area contributed by atoms with Crippen LogP contribution in [0.5, 0.6) is 0 Å². The van der Waals surface area contributed by atoms with Gasteiger partial charge in [-0.1, -0.05) is 0 Å². The first kappa shape index (κ1) is 12.7. The SMILES string of the molecule is CCC[CH2][Sn+]([O]C(C)=O)[O]C(C)=O. The number of rotatable bonds is 5. The van der Waals surface area contributed by atoms with Crippen molar-refractivity contribution in [1.82, 2.24) is 0 Å². The number of hydrogen-bond donors (Lipinski definition) is 0. The third kappa shape index (κ3) is 8.08. The fraction of sp³-hybridized carbons (Fsp3) is 0.750. The van der Waals surface area contributed by atoms with Gasteiger partial charge in [0.1, 0.15) is 0 Å². The minimum absolute atomic E-state index is 0.341. The van der Waals surface area contributed by atoms with E-state index in [-0.39, 0.29) is 11.9 Å². The molecule has 0 spiro atoms. The third-order valence-electron chi connectivity index (χ3n) is 1.25. The van der Waals surface area contributed by atoms with Crippen molar-refractivity contribution in [3.63, 3.8) is 0 Å². The summed E-state index contributed by atoms with van der Waals surface area (Å²) in [5.41, 5.74) is 0. The molecular formula is C8H15O4Sn+. The van der Waals surface area contributed by atoms with E-state index in [2.05, 4.69) is 0 Å². The van der Waals surface area contributed by atoms with Gasteiger partial charge in [0, 0.05) is 0 Å². The second-order valence-corrected chi connectivity index (χ2v) is 7.38. The van der Waals surface area contributed by atoms with E-state index in [0.29, 0.717) is 0 Å². The molecule has 5 heteroatoms. The van der Waals surface area contributed by atoms with E-state index >= 15 is 0 Å². The predicted octanol–water partition coefficient (Wildman–Crippen LogP) is 1.40. The molecule has 0 aromatic heterocycles. The molecular weight excluding hydrogens is 279 g/mol. The number of carbonyl (C=O) groups excluding carboxylic acids is 2. The van der Waals surface area contributed by atoms with Crippen LogP contribution in [-0.4, -0.2) is 32.5 Å². The van der Waals surface area contributed by atoms with Crippen molar-refractivity contribution in [2.24, 2.45) is 0 Å². The van der Waals surface area contributed by atoms with Crippen molar-refractivity contribution in [1.29, 1.82) is 0 Å². The van der Waals surface area contributed by atoms with Crippen molar-refractivity contribution >= 4 is 32.5 Å². The zero-order valence-corrected chi connectivity index (χ0v) is 11.1. The van der Waals surface area contributed by atoms with E-state index in [1.807, 2.05) is 6.92 Å². The average molecular weight is 294 g/mol. The maximum absolute atomic E-state index is 10.6. The van der Waals surface area contributed by atoms with Crippen molar-refractivity contribution in [3.8, 4) is 0 Å². The van der Waals surface area contributed by atoms with E-state index in [9.17, 15) is 9.59 Å². The quantitative estimate of drug-likeness (QED) is 0.719. The minimum atomic E-state index is -2.63. The van der Waals surface area contributed by atoms with Crippen LogP contribution in [0.4, 0.5) is 0 Å². The van der Waals surface area contributed by atoms with Crippen LogP contribution < -0.4 is 0 Å². The Morgan fingerprint density at radius 1 is 1.15 bits per heavy atom. The molecule has 0 unspecified atom stereocenters. The molecule has 13 heavy (non-hydrogen) atoms. The Morgan fingerprint density at radius 2 is 1.62 bits per heavy atom. The van der Waals surface area contributed by atoms with Crippen LogP contribution in [0.15, 0.2) is 0 Å². The summed E-state index contributed by atoms with van der Waals surface area (Å²) < 4.78 is 10.7. The Morgan fingerprint density at radius 3 is 1.92 bits per heavy atom. The first-order valence-electron chi connectivity index (χ1n) is 4.29. The van der Waals surface area contributed by atoms with Gasteiger partial charge in [0.25, 0.3) is 0 Å². The van der Waals surface area contributed by atoms with Gasteiger partial charge in [-0.25, -0.2) is 0 Å². The van der Waals surface area contributed by atoms with E-state index in [1.165, 1.54) is 13.8 Å². The van der Waals surface area contributed by atoms with Crippen molar-refractivity contribution < 1.29 is 15.7 Å². The predicted molar refractivity (Wildman–Crippen MR) is 49.0 cm³/mol. The summed E-state index contributed by atoms with van der Waals surface area (Å²) in [5, 5.41) is 0. The van der Waals surface area contributed by atoms with Crippen LogP contribution in [0.3, 0.4) is 0 Å². The average Bonchev–Trinajstić information content (AvgIpc) is 1.98. The van der Waals surface area contributed by atoms with Crippen molar-refractivity contribution in [2.75, 3.05) is 0 Å². The molecule has 0 aliphatic rings. The van der Waals surface area contributed by atoms with Crippen LogP contribution >= 0.6 is 0 Å². The molecule has 0 saturated heterocycles. The molecule has 0 rings (SSSR count). The Hall–Kier alpha value is -0.261. The molecule has 0 amide bonds. The van der Waals surface area contributed by atoms with Gasteiger partial charge in [0.05, 0.1) is 0 Å². The first-order valence-corrected chi connectivity index (χ1v) is 8.63. The monoisotopic (exact) mass is 295 g/mol. The van der Waals surface area contributed by atoms with Crippen LogP contribution in [0.2, 0.25) is 4.44 Å². The fourth-order valence-corrected chi connectivity index (χ4v) is 5.13. The van der Waals surface area contributed by atoms with Gasteiger partial charge in [-0.2, -0.15) is 0 Å². The molecule has 0 N–H and O–H groups in total. The molecule has 0 aliphatic heterocycles. The Kier molecular flexibility index (Phi) is 7.03. The molecule has 0 radical (unpaired) electrons. The van der Waals surface area contributed by atoms with E-state index in [1.54, 1.807) is 0 Å². The molecule has 0 fully saturated rings. The Balaban J connectivity index is 3.87. The van der Waals surface area contributed by atoms with Crippen LogP contribution in [0, 0.1) is 0 Å². The van der Waals surface area contributed by atoms with E-state index in [4.69, 9.17) is 6.15 Å². The zero-order valence-electron chi connectivity index (χ0n) is 8.25. The molecule has 0 heterocycles. The summed E-state index contributed by atoms with van der Waals surface area (Å²) in [6.45, 7) is 4.73. The number of unbranched alkanes of at least 4 members (excludes halogenated alkanes) is 1. The Labute approximate surface area is 86.4 Å². The van der Waals surface area contributed by atoms with Gasteiger partial charge in [-0.15, -0.1) is 0 Å². The summed E-state index contributed by atoms with van der Waals surface area (Å²) in [6.07, 6.45) is 1.97. The van der Waals surface area contributed by atoms with Gasteiger partial charge in [-0.3, -0.25) is 0 Å².